The minimum Gasteiger partial charge on any atom is -0.357 e. The molecule has 11 heteroatoms. The second-order valence-electron chi connectivity index (χ2n) is 8.18. The van der Waals surface area contributed by atoms with E-state index in [0.29, 0.717) is 24.8 Å². The number of thioether (sulfide) groups is 1. The van der Waals surface area contributed by atoms with Gasteiger partial charge in [-0.1, -0.05) is 54.8 Å². The Kier molecular flexibility index (Phi) is 8.03. The third-order valence-corrected chi connectivity index (χ3v) is 9.62. The number of nitrogens with zero attached hydrogens (tertiary/aromatic N) is 3. The Labute approximate surface area is 197 Å². The van der Waals surface area contributed by atoms with E-state index in [2.05, 4.69) is 20.8 Å². The Bertz CT molecular complexity index is 1020. The number of sulfonamides is 1. The predicted octanol–water partition coefficient (Wildman–Crippen LogP) is 4.19. The third-order valence-electron chi connectivity index (χ3n) is 5.74. The van der Waals surface area contributed by atoms with E-state index in [0.717, 1.165) is 41.6 Å². The van der Waals surface area contributed by atoms with Gasteiger partial charge in [0, 0.05) is 24.8 Å². The number of benzene rings is 1. The summed E-state index contributed by atoms with van der Waals surface area (Å²) in [6.45, 7) is 1.10. The molecule has 2 aliphatic rings. The quantitative estimate of drug-likeness (QED) is 0.529. The summed E-state index contributed by atoms with van der Waals surface area (Å²) >= 11 is 2.79. The van der Waals surface area contributed by atoms with Crippen LogP contribution in [0.3, 0.4) is 0 Å². The second kappa shape index (κ2) is 11.0. The lowest BCUT2D eigenvalue weighted by molar-refractivity contribution is -0.113. The fraction of sp³-hybridized carbons (Fsp3) is 0.571. The Balaban J connectivity index is 1.29. The molecule has 2 fully saturated rings. The van der Waals surface area contributed by atoms with Gasteiger partial charge in [-0.15, -0.1) is 10.2 Å². The van der Waals surface area contributed by atoms with Crippen molar-refractivity contribution in [3.8, 4) is 0 Å². The lowest BCUT2D eigenvalue weighted by Gasteiger charge is -2.26. The van der Waals surface area contributed by atoms with Crippen LogP contribution < -0.4 is 10.6 Å². The van der Waals surface area contributed by atoms with Crippen LogP contribution in [0.5, 0.6) is 0 Å². The first-order valence-electron chi connectivity index (χ1n) is 11.1. The van der Waals surface area contributed by atoms with Crippen LogP contribution in [0, 0.1) is 0 Å². The monoisotopic (exact) mass is 495 g/mol. The number of hydrogen-bond donors (Lipinski definition) is 2. The fourth-order valence-electron chi connectivity index (χ4n) is 4.06. The van der Waals surface area contributed by atoms with Crippen LogP contribution in [-0.2, 0) is 14.8 Å². The lowest BCUT2D eigenvalue weighted by Crippen LogP contribution is -2.35. The van der Waals surface area contributed by atoms with Gasteiger partial charge < -0.3 is 10.6 Å². The molecule has 0 bridgehead atoms. The topological polar surface area (TPSA) is 104 Å². The van der Waals surface area contributed by atoms with Crippen LogP contribution in [0.15, 0.2) is 33.5 Å². The molecule has 0 unspecified atom stereocenters. The molecular weight excluding hydrogens is 466 g/mol. The normalized spacial score (nSPS) is 18.4. The smallest absolute Gasteiger partial charge is 0.243 e. The molecule has 32 heavy (non-hydrogen) atoms. The van der Waals surface area contributed by atoms with Gasteiger partial charge in [-0.05, 0) is 43.9 Å². The molecule has 1 aromatic carbocycles. The molecule has 1 aromatic heterocycles. The van der Waals surface area contributed by atoms with Gasteiger partial charge in [0.25, 0.3) is 0 Å². The Morgan fingerprint density at radius 1 is 1.09 bits per heavy atom. The number of aromatic nitrogens is 2. The van der Waals surface area contributed by atoms with E-state index in [1.54, 1.807) is 18.2 Å². The molecule has 1 aliphatic heterocycles. The maximum atomic E-state index is 12.9. The van der Waals surface area contributed by atoms with E-state index in [1.807, 2.05) is 0 Å². The van der Waals surface area contributed by atoms with E-state index >= 15 is 0 Å². The second-order valence-corrected chi connectivity index (χ2v) is 12.3. The minimum absolute atomic E-state index is 0.182. The standard InChI is InChI=1S/C21H29N5O3S3/c27-19(15-30-21-25-24-20(31-21)23-16-8-3-1-4-9-16)22-17-10-7-11-18(14-17)32(28,29)26-12-5-2-6-13-26/h7,10-11,14,16H,1-6,8-9,12-13,15H2,(H,22,27)(H,23,24). The zero-order valence-corrected chi connectivity index (χ0v) is 20.4. The van der Waals surface area contributed by atoms with Crippen molar-refractivity contribution in [3.63, 3.8) is 0 Å². The lowest BCUT2D eigenvalue weighted by atomic mass is 9.96. The molecule has 1 saturated carbocycles. The van der Waals surface area contributed by atoms with E-state index in [1.165, 1.54) is 52.7 Å². The van der Waals surface area contributed by atoms with Crippen LogP contribution in [0.1, 0.15) is 51.4 Å². The van der Waals surface area contributed by atoms with Crippen molar-refractivity contribution in [2.24, 2.45) is 0 Å². The minimum atomic E-state index is -3.53. The van der Waals surface area contributed by atoms with Gasteiger partial charge >= 0.3 is 0 Å². The molecule has 1 aliphatic carbocycles. The molecule has 2 heterocycles. The van der Waals surface area contributed by atoms with Gasteiger partial charge in [0.1, 0.15) is 0 Å². The van der Waals surface area contributed by atoms with Crippen molar-refractivity contribution in [1.29, 1.82) is 0 Å². The maximum absolute atomic E-state index is 12.9. The fourth-order valence-corrected chi connectivity index (χ4v) is 7.25. The van der Waals surface area contributed by atoms with Gasteiger partial charge in [-0.3, -0.25) is 4.79 Å². The third kappa shape index (κ3) is 6.21. The molecule has 0 radical (unpaired) electrons. The van der Waals surface area contributed by atoms with E-state index in [4.69, 9.17) is 0 Å². The summed E-state index contributed by atoms with van der Waals surface area (Å²) in [6, 6.07) is 6.94. The molecular formula is C21H29N5O3S3. The highest BCUT2D eigenvalue weighted by Gasteiger charge is 2.26. The first kappa shape index (κ1) is 23.5. The Hall–Kier alpha value is -1.69. The van der Waals surface area contributed by atoms with Crippen molar-refractivity contribution in [1.82, 2.24) is 14.5 Å². The van der Waals surface area contributed by atoms with Crippen LogP contribution in [-0.4, -0.2) is 53.7 Å². The summed E-state index contributed by atoms with van der Waals surface area (Å²) < 4.78 is 28.0. The molecule has 0 spiro atoms. The zero-order valence-electron chi connectivity index (χ0n) is 18.0. The van der Waals surface area contributed by atoms with Crippen LogP contribution in [0.2, 0.25) is 0 Å². The number of rotatable bonds is 8. The molecule has 4 rings (SSSR count). The van der Waals surface area contributed by atoms with E-state index < -0.39 is 10.0 Å². The number of hydrogen-bond acceptors (Lipinski definition) is 8. The van der Waals surface area contributed by atoms with Gasteiger partial charge in [0.2, 0.25) is 21.1 Å². The van der Waals surface area contributed by atoms with Crippen molar-refractivity contribution in [2.45, 2.75) is 66.6 Å². The van der Waals surface area contributed by atoms with Crippen molar-refractivity contribution >= 4 is 49.8 Å². The molecule has 174 valence electrons. The number of carbonyl (C=O) groups excluding carboxylic acids is 1. The summed E-state index contributed by atoms with van der Waals surface area (Å²) in [7, 11) is -3.53. The summed E-state index contributed by atoms with van der Waals surface area (Å²) in [4.78, 5) is 12.6. The van der Waals surface area contributed by atoms with Gasteiger partial charge in [0.15, 0.2) is 4.34 Å². The van der Waals surface area contributed by atoms with Gasteiger partial charge in [0.05, 0.1) is 10.6 Å². The SMILES string of the molecule is O=C(CSc1nnc(NC2CCCCC2)s1)Nc1cccc(S(=O)(=O)N2CCCCC2)c1. The molecule has 1 amide bonds. The highest BCUT2D eigenvalue weighted by Crippen LogP contribution is 2.29. The van der Waals surface area contributed by atoms with Crippen LogP contribution in [0.4, 0.5) is 10.8 Å². The summed E-state index contributed by atoms with van der Waals surface area (Å²) in [5.74, 6) is -0.0271. The van der Waals surface area contributed by atoms with Crippen molar-refractivity contribution in [2.75, 3.05) is 29.5 Å². The van der Waals surface area contributed by atoms with E-state index in [-0.39, 0.29) is 16.6 Å². The Morgan fingerprint density at radius 3 is 2.62 bits per heavy atom. The average molecular weight is 496 g/mol. The summed E-state index contributed by atoms with van der Waals surface area (Å²) in [5, 5.41) is 15.4. The van der Waals surface area contributed by atoms with Crippen LogP contribution >= 0.6 is 23.1 Å². The maximum Gasteiger partial charge on any atom is 0.243 e. The Morgan fingerprint density at radius 2 is 1.84 bits per heavy atom. The van der Waals surface area contributed by atoms with Crippen molar-refractivity contribution < 1.29 is 13.2 Å². The number of carbonyl (C=O) groups is 1. The van der Waals surface area contributed by atoms with E-state index in [9.17, 15) is 13.2 Å². The number of amides is 1. The van der Waals surface area contributed by atoms with Crippen LogP contribution in [0.25, 0.3) is 0 Å². The van der Waals surface area contributed by atoms with Crippen molar-refractivity contribution in [3.05, 3.63) is 24.3 Å². The molecule has 1 saturated heterocycles. The summed E-state index contributed by atoms with van der Waals surface area (Å²) in [6.07, 6.45) is 8.96. The van der Waals surface area contributed by atoms with Gasteiger partial charge in [-0.25, -0.2) is 8.42 Å². The number of piperidine rings is 1. The predicted molar refractivity (Wildman–Crippen MR) is 129 cm³/mol. The first-order valence-corrected chi connectivity index (χ1v) is 14.4. The highest BCUT2D eigenvalue weighted by atomic mass is 32.2. The molecule has 8 nitrogen and oxygen atoms in total. The molecule has 0 atom stereocenters. The number of nitrogens with one attached hydrogen (secondary N) is 2. The molecule has 2 N–H and O–H groups in total. The summed E-state index contributed by atoms with van der Waals surface area (Å²) in [5.41, 5.74) is 0.477. The average Bonchev–Trinajstić information content (AvgIpc) is 3.26. The largest absolute Gasteiger partial charge is 0.357 e. The first-order chi connectivity index (χ1) is 15.5. The van der Waals surface area contributed by atoms with Gasteiger partial charge in [-0.2, -0.15) is 4.31 Å². The molecule has 2 aromatic rings. The number of anilines is 2. The zero-order chi connectivity index (χ0) is 22.4. The highest BCUT2D eigenvalue weighted by molar-refractivity contribution is 8.01.